The van der Waals surface area contributed by atoms with Crippen molar-refractivity contribution >= 4 is 11.8 Å². The maximum atomic E-state index is 5.77. The zero-order valence-electron chi connectivity index (χ0n) is 10.6. The van der Waals surface area contributed by atoms with Crippen LogP contribution in [0.25, 0.3) is 0 Å². The van der Waals surface area contributed by atoms with Gasteiger partial charge in [0.25, 0.3) is 0 Å². The molecule has 18 heavy (non-hydrogen) atoms. The summed E-state index contributed by atoms with van der Waals surface area (Å²) in [5, 5.41) is 0. The highest BCUT2D eigenvalue weighted by atomic mass is 32.2. The van der Waals surface area contributed by atoms with E-state index in [2.05, 4.69) is 6.92 Å². The minimum atomic E-state index is 0.274. The van der Waals surface area contributed by atoms with Crippen molar-refractivity contribution in [3.8, 4) is 17.2 Å². The van der Waals surface area contributed by atoms with Gasteiger partial charge in [0.05, 0.1) is 6.61 Å². The smallest absolute Gasteiger partial charge is 0.231 e. The molecule has 1 heterocycles. The van der Waals surface area contributed by atoms with Crippen LogP contribution in [0.3, 0.4) is 0 Å². The molecular weight excluding hydrogens is 250 g/mol. The molecule has 0 aliphatic carbocycles. The van der Waals surface area contributed by atoms with Crippen LogP contribution in [0.5, 0.6) is 17.2 Å². The van der Waals surface area contributed by atoms with E-state index in [1.54, 1.807) is 0 Å². The molecule has 2 rings (SSSR count). The molecule has 4 nitrogen and oxygen atoms in total. The van der Waals surface area contributed by atoms with E-state index in [0.717, 1.165) is 40.7 Å². The van der Waals surface area contributed by atoms with Gasteiger partial charge in [-0.05, 0) is 24.0 Å². The average molecular weight is 269 g/mol. The highest BCUT2D eigenvalue weighted by Gasteiger charge is 2.17. The van der Waals surface area contributed by atoms with Gasteiger partial charge in [0.2, 0.25) is 6.79 Å². The van der Waals surface area contributed by atoms with Crippen LogP contribution in [0.4, 0.5) is 0 Å². The first-order valence-corrected chi connectivity index (χ1v) is 7.33. The van der Waals surface area contributed by atoms with Crippen LogP contribution in [0.15, 0.2) is 12.1 Å². The summed E-state index contributed by atoms with van der Waals surface area (Å²) in [5.41, 5.74) is 6.68. The lowest BCUT2D eigenvalue weighted by atomic mass is 10.2. The summed E-state index contributed by atoms with van der Waals surface area (Å²) in [7, 11) is 0. The summed E-state index contributed by atoms with van der Waals surface area (Å²) in [5.74, 6) is 4.58. The quantitative estimate of drug-likeness (QED) is 0.770. The molecule has 0 atom stereocenters. The van der Waals surface area contributed by atoms with Gasteiger partial charge < -0.3 is 19.9 Å². The van der Waals surface area contributed by atoms with Gasteiger partial charge in [-0.25, -0.2) is 0 Å². The zero-order valence-corrected chi connectivity index (χ0v) is 11.4. The Morgan fingerprint density at radius 3 is 2.83 bits per heavy atom. The van der Waals surface area contributed by atoms with E-state index in [1.807, 2.05) is 23.9 Å². The predicted octanol–water partition coefficient (Wildman–Crippen LogP) is 2.40. The molecule has 0 amide bonds. The topological polar surface area (TPSA) is 53.7 Å². The summed E-state index contributed by atoms with van der Waals surface area (Å²) in [4.78, 5) is 0. The minimum Gasteiger partial charge on any atom is -0.493 e. The third-order valence-corrected chi connectivity index (χ3v) is 3.66. The van der Waals surface area contributed by atoms with Crippen LogP contribution in [0.1, 0.15) is 18.9 Å². The lowest BCUT2D eigenvalue weighted by molar-refractivity contribution is 0.173. The number of hydrogen-bond donors (Lipinski definition) is 1. The van der Waals surface area contributed by atoms with Gasteiger partial charge in [0.15, 0.2) is 11.5 Å². The molecule has 0 spiro atoms. The van der Waals surface area contributed by atoms with Crippen molar-refractivity contribution < 1.29 is 14.2 Å². The Kier molecular flexibility index (Phi) is 5.01. The second-order valence-corrected chi connectivity index (χ2v) is 5.31. The van der Waals surface area contributed by atoms with Gasteiger partial charge >= 0.3 is 0 Å². The molecule has 2 N–H and O–H groups in total. The molecule has 1 aliphatic heterocycles. The van der Waals surface area contributed by atoms with Gasteiger partial charge in [-0.2, -0.15) is 11.8 Å². The first kappa shape index (κ1) is 13.4. The Hall–Kier alpha value is -1.07. The largest absolute Gasteiger partial charge is 0.493 e. The van der Waals surface area contributed by atoms with Crippen molar-refractivity contribution in [2.24, 2.45) is 5.73 Å². The molecule has 0 unspecified atom stereocenters. The normalized spacial score (nSPS) is 12.8. The molecule has 0 aromatic heterocycles. The molecule has 5 heteroatoms. The second-order valence-electron chi connectivity index (χ2n) is 3.92. The Balaban J connectivity index is 1.94. The minimum absolute atomic E-state index is 0.274. The van der Waals surface area contributed by atoms with E-state index in [4.69, 9.17) is 19.9 Å². The SMILES string of the molecule is CCSCCCOc1cc2c(cc1CN)OCO2. The standard InChI is InChI=1S/C13H19NO3S/c1-2-18-5-3-4-15-11-7-13-12(16-9-17-13)6-10(11)8-14/h6-7H,2-5,8-9,14H2,1H3. The van der Waals surface area contributed by atoms with E-state index in [9.17, 15) is 0 Å². The van der Waals surface area contributed by atoms with Crippen LogP contribution in [-0.4, -0.2) is 24.9 Å². The number of thioether (sulfide) groups is 1. The van der Waals surface area contributed by atoms with Crippen molar-refractivity contribution in [2.45, 2.75) is 19.9 Å². The molecule has 0 radical (unpaired) electrons. The van der Waals surface area contributed by atoms with Crippen molar-refractivity contribution in [3.05, 3.63) is 17.7 Å². The Morgan fingerprint density at radius 2 is 2.11 bits per heavy atom. The summed E-state index contributed by atoms with van der Waals surface area (Å²) in [6.45, 7) is 3.58. The molecule has 1 aromatic rings. The van der Waals surface area contributed by atoms with Crippen LogP contribution < -0.4 is 19.9 Å². The van der Waals surface area contributed by atoms with Crippen LogP contribution >= 0.6 is 11.8 Å². The summed E-state index contributed by atoms with van der Waals surface area (Å²) in [6, 6.07) is 3.77. The van der Waals surface area contributed by atoms with Crippen LogP contribution in [0.2, 0.25) is 0 Å². The van der Waals surface area contributed by atoms with Crippen LogP contribution in [-0.2, 0) is 6.54 Å². The van der Waals surface area contributed by atoms with Crippen molar-refractivity contribution in [2.75, 3.05) is 24.9 Å². The number of benzene rings is 1. The Bertz CT molecular complexity index is 398. The first-order chi connectivity index (χ1) is 8.85. The zero-order chi connectivity index (χ0) is 12.8. The second kappa shape index (κ2) is 6.75. The van der Waals surface area contributed by atoms with E-state index in [-0.39, 0.29) is 6.79 Å². The van der Waals surface area contributed by atoms with E-state index < -0.39 is 0 Å². The van der Waals surface area contributed by atoms with Gasteiger partial charge in [-0.15, -0.1) is 0 Å². The third kappa shape index (κ3) is 3.23. The molecular formula is C13H19NO3S. The molecule has 100 valence electrons. The first-order valence-electron chi connectivity index (χ1n) is 6.18. The molecule has 0 saturated carbocycles. The highest BCUT2D eigenvalue weighted by Crippen LogP contribution is 2.38. The van der Waals surface area contributed by atoms with Gasteiger partial charge in [0.1, 0.15) is 5.75 Å². The summed E-state index contributed by atoms with van der Waals surface area (Å²) >= 11 is 1.92. The predicted molar refractivity (Wildman–Crippen MR) is 73.6 cm³/mol. The number of rotatable bonds is 7. The van der Waals surface area contributed by atoms with E-state index >= 15 is 0 Å². The van der Waals surface area contributed by atoms with Crippen molar-refractivity contribution in [1.82, 2.24) is 0 Å². The number of ether oxygens (including phenoxy) is 3. The Labute approximate surface area is 112 Å². The fourth-order valence-corrected chi connectivity index (χ4v) is 2.36. The molecule has 0 fully saturated rings. The summed E-state index contributed by atoms with van der Waals surface area (Å²) in [6.07, 6.45) is 1.04. The maximum Gasteiger partial charge on any atom is 0.231 e. The van der Waals surface area contributed by atoms with Crippen LogP contribution in [0, 0.1) is 0 Å². The fraction of sp³-hybridized carbons (Fsp3) is 0.538. The lowest BCUT2D eigenvalue weighted by Gasteiger charge is -2.11. The molecule has 0 saturated heterocycles. The lowest BCUT2D eigenvalue weighted by Crippen LogP contribution is -2.04. The van der Waals surface area contributed by atoms with Gasteiger partial charge in [0, 0.05) is 18.2 Å². The molecule has 1 aliphatic rings. The fourth-order valence-electron chi connectivity index (χ4n) is 1.75. The monoisotopic (exact) mass is 269 g/mol. The highest BCUT2D eigenvalue weighted by molar-refractivity contribution is 7.99. The van der Waals surface area contributed by atoms with E-state index in [0.29, 0.717) is 13.2 Å². The number of fused-ring (bicyclic) bond motifs is 1. The van der Waals surface area contributed by atoms with E-state index in [1.165, 1.54) is 0 Å². The van der Waals surface area contributed by atoms with Crippen molar-refractivity contribution in [3.63, 3.8) is 0 Å². The summed E-state index contributed by atoms with van der Waals surface area (Å²) < 4.78 is 16.4. The maximum absolute atomic E-state index is 5.77. The van der Waals surface area contributed by atoms with Gasteiger partial charge in [-0.3, -0.25) is 0 Å². The Morgan fingerprint density at radius 1 is 1.33 bits per heavy atom. The van der Waals surface area contributed by atoms with Gasteiger partial charge in [-0.1, -0.05) is 6.92 Å². The number of hydrogen-bond acceptors (Lipinski definition) is 5. The van der Waals surface area contributed by atoms with Crippen molar-refractivity contribution in [1.29, 1.82) is 0 Å². The average Bonchev–Trinajstić information content (AvgIpc) is 2.84. The molecule has 1 aromatic carbocycles. The molecule has 0 bridgehead atoms. The third-order valence-electron chi connectivity index (χ3n) is 2.67. The number of nitrogens with two attached hydrogens (primary N) is 1.